The van der Waals surface area contributed by atoms with Crippen LogP contribution >= 0.6 is 23.1 Å². The van der Waals surface area contributed by atoms with Gasteiger partial charge in [-0.2, -0.15) is 0 Å². The Balaban J connectivity index is 1.76. The molecular weight excluding hydrogens is 368 g/mol. The van der Waals surface area contributed by atoms with Crippen LogP contribution in [0.15, 0.2) is 54.4 Å². The molecule has 134 valence electrons. The summed E-state index contributed by atoms with van der Waals surface area (Å²) in [7, 11) is 0. The predicted octanol–water partition coefficient (Wildman–Crippen LogP) is 3.77. The highest BCUT2D eigenvalue weighted by Gasteiger charge is 2.29. The number of rotatable bonds is 7. The van der Waals surface area contributed by atoms with Crippen molar-refractivity contribution in [3.05, 3.63) is 70.4 Å². The van der Waals surface area contributed by atoms with E-state index in [4.69, 9.17) is 0 Å². The second-order valence-corrected chi connectivity index (χ2v) is 7.75. The summed E-state index contributed by atoms with van der Waals surface area (Å²) in [6.07, 6.45) is 1.70. The molecule has 1 aromatic carbocycles. The van der Waals surface area contributed by atoms with Gasteiger partial charge in [0.15, 0.2) is 0 Å². The van der Waals surface area contributed by atoms with Crippen molar-refractivity contribution >= 4 is 40.2 Å². The molecule has 1 aromatic heterocycles. The smallest absolute Gasteiger partial charge is 0.289 e. The minimum Gasteiger partial charge on any atom is -0.330 e. The van der Waals surface area contributed by atoms with E-state index in [-0.39, 0.29) is 29.4 Å². The topological polar surface area (TPSA) is 57.7 Å². The van der Waals surface area contributed by atoms with Gasteiger partial charge in [-0.05, 0) is 29.1 Å². The largest absolute Gasteiger partial charge is 0.330 e. The number of hydrogen-bond acceptors (Lipinski definition) is 5. The van der Waals surface area contributed by atoms with Crippen molar-refractivity contribution in [1.29, 1.82) is 0 Å². The monoisotopic (exact) mass is 386 g/mol. The molecular formula is C19H18N2O3S2. The molecule has 3 amide bonds. The molecule has 3 rings (SSSR count). The maximum atomic E-state index is 12.9. The molecule has 1 aliphatic heterocycles. The van der Waals surface area contributed by atoms with Gasteiger partial charge in [-0.15, -0.1) is 17.9 Å². The lowest BCUT2D eigenvalue weighted by atomic mass is 10.1. The third-order valence-electron chi connectivity index (χ3n) is 3.92. The van der Waals surface area contributed by atoms with E-state index in [0.717, 1.165) is 22.2 Å². The zero-order chi connectivity index (χ0) is 18.5. The maximum absolute atomic E-state index is 12.9. The van der Waals surface area contributed by atoms with Crippen LogP contribution in [0.2, 0.25) is 0 Å². The molecule has 1 fully saturated rings. The Morgan fingerprint density at radius 1 is 1.27 bits per heavy atom. The van der Waals surface area contributed by atoms with Gasteiger partial charge in [0, 0.05) is 17.0 Å². The summed E-state index contributed by atoms with van der Waals surface area (Å²) < 4.78 is 0. The number of carbonyl (C=O) groups excluding carboxylic acids is 3. The molecule has 0 N–H and O–H groups in total. The van der Waals surface area contributed by atoms with E-state index in [1.165, 1.54) is 4.90 Å². The van der Waals surface area contributed by atoms with Gasteiger partial charge in [0.25, 0.3) is 11.1 Å². The van der Waals surface area contributed by atoms with Gasteiger partial charge in [-0.3, -0.25) is 19.3 Å². The molecule has 0 atom stereocenters. The van der Waals surface area contributed by atoms with E-state index in [1.807, 2.05) is 23.6 Å². The fraction of sp³-hybridized carbons (Fsp3) is 0.211. The second-order valence-electron chi connectivity index (χ2n) is 5.79. The van der Waals surface area contributed by atoms with Crippen LogP contribution in [-0.4, -0.2) is 39.2 Å². The zero-order valence-electron chi connectivity index (χ0n) is 14.1. The van der Waals surface area contributed by atoms with E-state index in [9.17, 15) is 14.4 Å². The number of hydrogen-bond donors (Lipinski definition) is 0. The van der Waals surface area contributed by atoms with Crippen molar-refractivity contribution in [3.8, 4) is 0 Å². The van der Waals surface area contributed by atoms with Gasteiger partial charge in [-0.25, -0.2) is 0 Å². The molecule has 26 heavy (non-hydrogen) atoms. The normalized spacial score (nSPS) is 13.9. The predicted molar refractivity (Wildman–Crippen MR) is 104 cm³/mol. The van der Waals surface area contributed by atoms with Gasteiger partial charge in [-0.1, -0.05) is 36.0 Å². The van der Waals surface area contributed by atoms with Gasteiger partial charge in [0.2, 0.25) is 5.91 Å². The van der Waals surface area contributed by atoms with Crippen molar-refractivity contribution < 1.29 is 14.4 Å². The average Bonchev–Trinajstić information content (AvgIpc) is 3.26. The summed E-state index contributed by atoms with van der Waals surface area (Å²) in [5, 5.41) is 1.74. The lowest BCUT2D eigenvalue weighted by molar-refractivity contribution is -0.125. The lowest BCUT2D eigenvalue weighted by Crippen LogP contribution is -2.31. The molecule has 1 aliphatic rings. The Hall–Kier alpha value is -2.38. The quantitative estimate of drug-likeness (QED) is 0.680. The first kappa shape index (κ1) is 18.4. The maximum Gasteiger partial charge on any atom is 0.289 e. The summed E-state index contributed by atoms with van der Waals surface area (Å²) in [6.45, 7) is 4.89. The third-order valence-corrected chi connectivity index (χ3v) is 5.64. The van der Waals surface area contributed by atoms with Gasteiger partial charge in [0.05, 0.1) is 18.8 Å². The van der Waals surface area contributed by atoms with Crippen LogP contribution in [-0.2, 0) is 17.9 Å². The van der Waals surface area contributed by atoms with Crippen LogP contribution in [0.4, 0.5) is 4.79 Å². The van der Waals surface area contributed by atoms with Gasteiger partial charge < -0.3 is 4.90 Å². The standard InChI is InChI=1S/C19H18N2O3S2/c1-2-8-20(12-16-7-4-9-25-16)18(23)15-6-3-5-14(10-15)11-21-17(22)13-26-19(21)24/h2-7,9-10H,1,8,11-13H2. The minimum atomic E-state index is -0.238. The fourth-order valence-corrected chi connectivity index (χ4v) is 4.11. The van der Waals surface area contributed by atoms with Crippen molar-refractivity contribution in [2.75, 3.05) is 12.3 Å². The Morgan fingerprint density at radius 2 is 2.12 bits per heavy atom. The molecule has 2 aromatic rings. The molecule has 5 nitrogen and oxygen atoms in total. The molecule has 1 saturated heterocycles. The van der Waals surface area contributed by atoms with Crippen molar-refractivity contribution in [1.82, 2.24) is 9.80 Å². The Bertz CT molecular complexity index is 817. The van der Waals surface area contributed by atoms with Gasteiger partial charge >= 0.3 is 0 Å². The minimum absolute atomic E-state index is 0.103. The third kappa shape index (κ3) is 4.23. The van der Waals surface area contributed by atoms with E-state index in [2.05, 4.69) is 6.58 Å². The molecule has 0 bridgehead atoms. The summed E-state index contributed by atoms with van der Waals surface area (Å²) in [6, 6.07) is 11.0. The zero-order valence-corrected chi connectivity index (χ0v) is 15.7. The average molecular weight is 386 g/mol. The number of carbonyl (C=O) groups is 3. The van der Waals surface area contributed by atoms with Crippen LogP contribution in [0, 0.1) is 0 Å². The summed E-state index contributed by atoms with van der Waals surface area (Å²) in [5.41, 5.74) is 1.29. The second kappa shape index (κ2) is 8.33. The number of benzene rings is 1. The Labute approximate surface area is 160 Å². The van der Waals surface area contributed by atoms with Crippen molar-refractivity contribution in [3.63, 3.8) is 0 Å². The first-order valence-electron chi connectivity index (χ1n) is 8.07. The highest BCUT2D eigenvalue weighted by molar-refractivity contribution is 8.14. The highest BCUT2D eigenvalue weighted by Crippen LogP contribution is 2.22. The van der Waals surface area contributed by atoms with Crippen LogP contribution in [0.5, 0.6) is 0 Å². The summed E-state index contributed by atoms with van der Waals surface area (Å²) in [4.78, 5) is 40.5. The van der Waals surface area contributed by atoms with E-state index in [0.29, 0.717) is 18.7 Å². The van der Waals surface area contributed by atoms with E-state index >= 15 is 0 Å². The first-order valence-corrected chi connectivity index (χ1v) is 9.93. The number of thioether (sulfide) groups is 1. The van der Waals surface area contributed by atoms with Gasteiger partial charge in [0.1, 0.15) is 0 Å². The highest BCUT2D eigenvalue weighted by atomic mass is 32.2. The van der Waals surface area contributed by atoms with Crippen LogP contribution in [0.1, 0.15) is 20.8 Å². The summed E-state index contributed by atoms with van der Waals surface area (Å²) in [5.74, 6) is -0.109. The molecule has 0 aliphatic carbocycles. The summed E-state index contributed by atoms with van der Waals surface area (Å²) >= 11 is 2.61. The van der Waals surface area contributed by atoms with E-state index < -0.39 is 0 Å². The molecule has 2 heterocycles. The fourth-order valence-electron chi connectivity index (χ4n) is 2.67. The van der Waals surface area contributed by atoms with Crippen LogP contribution in [0.25, 0.3) is 0 Å². The molecule has 0 unspecified atom stereocenters. The Kier molecular flexibility index (Phi) is 5.90. The van der Waals surface area contributed by atoms with Crippen molar-refractivity contribution in [2.24, 2.45) is 0 Å². The number of nitrogens with zero attached hydrogens (tertiary/aromatic N) is 2. The molecule has 0 radical (unpaired) electrons. The lowest BCUT2D eigenvalue weighted by Gasteiger charge is -2.21. The first-order chi connectivity index (χ1) is 12.6. The number of thiophene rings is 1. The van der Waals surface area contributed by atoms with Crippen LogP contribution in [0.3, 0.4) is 0 Å². The molecule has 0 saturated carbocycles. The van der Waals surface area contributed by atoms with Crippen LogP contribution < -0.4 is 0 Å². The number of amides is 3. The molecule has 7 heteroatoms. The van der Waals surface area contributed by atoms with E-state index in [1.54, 1.807) is 40.5 Å². The SMILES string of the molecule is C=CCN(Cc1cccs1)C(=O)c1cccc(CN2C(=O)CSC2=O)c1. The van der Waals surface area contributed by atoms with Crippen molar-refractivity contribution in [2.45, 2.75) is 13.1 Å². The molecule has 0 spiro atoms. The Morgan fingerprint density at radius 3 is 2.77 bits per heavy atom. The number of imide groups is 1.